The molecule has 66 heavy (non-hydrogen) atoms. The fourth-order valence-electron chi connectivity index (χ4n) is 10.5. The largest absolute Gasteiger partial charge is 0.454 e. The molecular weight excluding hydrogens is 852 g/mol. The van der Waals surface area contributed by atoms with E-state index in [1.165, 1.54) is 63.3 Å². The fourth-order valence-corrected chi connectivity index (χ4v) is 13.0. The van der Waals surface area contributed by atoms with Crippen molar-refractivity contribution >= 4 is 98.7 Å². The Bertz CT molecular complexity index is 3270. The summed E-state index contributed by atoms with van der Waals surface area (Å²) in [6, 6.07) is 49.4. The van der Waals surface area contributed by atoms with Gasteiger partial charge in [-0.25, -0.2) is 0 Å². The molecule has 0 radical (unpaired) electrons. The molecular formula is C57H47BN2O4S2. The molecule has 0 fully saturated rings. The first-order chi connectivity index (χ1) is 31.9. The Morgan fingerprint density at radius 2 is 0.864 bits per heavy atom. The normalized spacial score (nSPS) is 14.6. The highest BCUT2D eigenvalue weighted by Crippen LogP contribution is 2.56. The molecule has 0 saturated heterocycles. The minimum absolute atomic E-state index is 0.0479. The van der Waals surface area contributed by atoms with Crippen molar-refractivity contribution in [2.75, 3.05) is 23.4 Å². The van der Waals surface area contributed by atoms with E-state index in [-0.39, 0.29) is 31.1 Å². The van der Waals surface area contributed by atoms with Crippen molar-refractivity contribution in [1.29, 1.82) is 0 Å². The van der Waals surface area contributed by atoms with Crippen LogP contribution >= 0.6 is 22.7 Å². The van der Waals surface area contributed by atoms with Crippen molar-refractivity contribution in [3.63, 3.8) is 0 Å². The lowest BCUT2D eigenvalue weighted by Crippen LogP contribution is -2.60. The van der Waals surface area contributed by atoms with Gasteiger partial charge in [-0.1, -0.05) is 126 Å². The number of hydrogen-bond acceptors (Lipinski definition) is 8. The first kappa shape index (κ1) is 39.7. The molecule has 0 unspecified atom stereocenters. The van der Waals surface area contributed by atoms with Gasteiger partial charge in [-0.15, -0.1) is 22.7 Å². The van der Waals surface area contributed by atoms with E-state index in [0.717, 1.165) is 68.0 Å². The lowest BCUT2D eigenvalue weighted by atomic mass is 9.33. The Morgan fingerprint density at radius 1 is 0.455 bits per heavy atom. The lowest BCUT2D eigenvalue weighted by molar-refractivity contribution is 0.173. The molecule has 0 atom stereocenters. The summed E-state index contributed by atoms with van der Waals surface area (Å²) in [7, 11) is 0. The van der Waals surface area contributed by atoms with E-state index in [9.17, 15) is 0 Å². The van der Waals surface area contributed by atoms with E-state index >= 15 is 0 Å². The van der Waals surface area contributed by atoms with Crippen molar-refractivity contribution in [2.45, 2.75) is 59.3 Å². The highest BCUT2D eigenvalue weighted by molar-refractivity contribution is 7.29. The minimum atomic E-state index is -0.0793. The third-order valence-electron chi connectivity index (χ3n) is 13.8. The maximum absolute atomic E-state index is 6.22. The van der Waals surface area contributed by atoms with Gasteiger partial charge >= 0.3 is 0 Å². The van der Waals surface area contributed by atoms with Crippen LogP contribution in [0.3, 0.4) is 0 Å². The van der Waals surface area contributed by atoms with Gasteiger partial charge in [-0.3, -0.25) is 0 Å². The van der Waals surface area contributed by atoms with Crippen LogP contribution in [0, 0.1) is 6.92 Å². The number of benzene rings is 7. The second-order valence-corrected chi connectivity index (χ2v) is 22.1. The Balaban J connectivity index is 1.20. The third kappa shape index (κ3) is 5.92. The van der Waals surface area contributed by atoms with E-state index in [2.05, 4.69) is 192 Å². The number of aryl methyl sites for hydroxylation is 1. The number of ether oxygens (including phenoxy) is 4. The average Bonchev–Trinajstić information content (AvgIpc) is 4.12. The number of nitrogens with zero attached hydrogens (tertiary/aromatic N) is 2. The smallest absolute Gasteiger partial charge is 0.256 e. The molecule has 324 valence electrons. The van der Waals surface area contributed by atoms with Gasteiger partial charge in [0, 0.05) is 44.0 Å². The molecule has 6 nitrogen and oxygen atoms in total. The van der Waals surface area contributed by atoms with Crippen LogP contribution in [-0.4, -0.2) is 20.3 Å². The van der Waals surface area contributed by atoms with Crippen LogP contribution in [0.1, 0.15) is 58.2 Å². The van der Waals surface area contributed by atoms with E-state index in [1.807, 2.05) is 22.7 Å². The first-order valence-corrected chi connectivity index (χ1v) is 24.4. The van der Waals surface area contributed by atoms with E-state index in [1.54, 1.807) is 0 Å². The van der Waals surface area contributed by atoms with Gasteiger partial charge in [0.25, 0.3) is 6.71 Å². The standard InChI is InChI=1S/C57H47BN2O4S2/c1-32-22-43-53-44(23-32)60(42-29-48-46(62-31-64-48)27-38(42)34-16-12-9-13-17-34)55-52(40-25-36(57(5,6)7)19-21-50(40)66-55)58(53)51-39-24-35(56(2,3)4)18-20-49(39)65-54(51)59(43)41-28-47-45(61-30-63-47)26-37(41)33-14-10-8-11-15-33/h8-29H,30-31H2,1-7H3. The molecule has 4 aliphatic rings. The van der Waals surface area contributed by atoms with Crippen LogP contribution in [0.4, 0.5) is 32.8 Å². The SMILES string of the molecule is Cc1cc2c3c(c1)N(c1cc4c(cc1-c1ccccc1)OCO4)c1sc4ccc(C(C)(C)C)cc4c1B3c1c(sc3ccc(C(C)(C)C)cc13)N2c1cc2c(cc1-c1ccccc1)OCO2. The summed E-state index contributed by atoms with van der Waals surface area (Å²) in [4.78, 5) is 5.11. The molecule has 9 aromatic rings. The summed E-state index contributed by atoms with van der Waals surface area (Å²) in [5.41, 5.74) is 16.5. The highest BCUT2D eigenvalue weighted by Gasteiger charge is 2.48. The monoisotopic (exact) mass is 898 g/mol. The van der Waals surface area contributed by atoms with Gasteiger partial charge in [0.15, 0.2) is 23.0 Å². The summed E-state index contributed by atoms with van der Waals surface area (Å²) < 4.78 is 27.2. The Kier molecular flexibility index (Phi) is 8.51. The zero-order valence-corrected chi connectivity index (χ0v) is 39.7. The van der Waals surface area contributed by atoms with Crippen molar-refractivity contribution in [3.8, 4) is 45.3 Å². The van der Waals surface area contributed by atoms with E-state index in [0.29, 0.717) is 0 Å². The lowest BCUT2D eigenvalue weighted by Gasteiger charge is -2.43. The fraction of sp³-hybridized carbons (Fsp3) is 0.193. The Hall–Kier alpha value is -6.68. The summed E-state index contributed by atoms with van der Waals surface area (Å²) in [5, 5.41) is 5.05. The average molecular weight is 899 g/mol. The topological polar surface area (TPSA) is 43.4 Å². The molecule has 4 aliphatic heterocycles. The van der Waals surface area contributed by atoms with Crippen LogP contribution in [0.2, 0.25) is 0 Å². The van der Waals surface area contributed by atoms with Crippen molar-refractivity contribution < 1.29 is 18.9 Å². The molecule has 0 bridgehead atoms. The van der Waals surface area contributed by atoms with E-state index < -0.39 is 0 Å². The second kappa shape index (κ2) is 14.2. The van der Waals surface area contributed by atoms with Crippen molar-refractivity contribution in [1.82, 2.24) is 0 Å². The molecule has 0 saturated carbocycles. The molecule has 0 N–H and O–H groups in total. The summed E-state index contributed by atoms with van der Waals surface area (Å²) in [6.07, 6.45) is 0. The highest BCUT2D eigenvalue weighted by atomic mass is 32.1. The molecule has 13 rings (SSSR count). The molecule has 6 heterocycles. The number of anilines is 6. The summed E-state index contributed by atoms with van der Waals surface area (Å²) in [5.74, 6) is 3.02. The maximum Gasteiger partial charge on any atom is 0.256 e. The number of rotatable bonds is 4. The summed E-state index contributed by atoms with van der Waals surface area (Å²) in [6.45, 7) is 16.5. The van der Waals surface area contributed by atoms with Crippen LogP contribution in [0.15, 0.2) is 133 Å². The van der Waals surface area contributed by atoms with Gasteiger partial charge < -0.3 is 28.7 Å². The second-order valence-electron chi connectivity index (χ2n) is 20.1. The van der Waals surface area contributed by atoms with E-state index in [4.69, 9.17) is 18.9 Å². The molecule has 0 spiro atoms. The van der Waals surface area contributed by atoms with Crippen LogP contribution in [-0.2, 0) is 10.8 Å². The predicted octanol–water partition coefficient (Wildman–Crippen LogP) is 13.9. The van der Waals surface area contributed by atoms with Gasteiger partial charge in [0.05, 0.1) is 21.4 Å². The molecule has 0 aliphatic carbocycles. The Labute approximate surface area is 393 Å². The first-order valence-electron chi connectivity index (χ1n) is 22.8. The molecule has 7 aromatic carbocycles. The number of fused-ring (bicyclic) bond motifs is 10. The maximum atomic E-state index is 6.22. The van der Waals surface area contributed by atoms with Crippen LogP contribution in [0.25, 0.3) is 42.4 Å². The van der Waals surface area contributed by atoms with Crippen molar-refractivity contribution in [3.05, 3.63) is 150 Å². The van der Waals surface area contributed by atoms with Gasteiger partial charge in [-0.05, 0) is 109 Å². The van der Waals surface area contributed by atoms with Crippen LogP contribution < -0.4 is 45.1 Å². The number of thiophene rings is 2. The Morgan fingerprint density at radius 3 is 1.27 bits per heavy atom. The third-order valence-corrected chi connectivity index (χ3v) is 16.2. The molecule has 0 amide bonds. The van der Waals surface area contributed by atoms with Gasteiger partial charge in [-0.2, -0.15) is 0 Å². The number of hydrogen-bond donors (Lipinski definition) is 0. The molecule has 2 aromatic heterocycles. The van der Waals surface area contributed by atoms with Crippen molar-refractivity contribution in [2.24, 2.45) is 0 Å². The summed E-state index contributed by atoms with van der Waals surface area (Å²) >= 11 is 3.78. The predicted molar refractivity (Wildman–Crippen MR) is 276 cm³/mol. The molecule has 9 heteroatoms. The minimum Gasteiger partial charge on any atom is -0.454 e. The van der Waals surface area contributed by atoms with Crippen LogP contribution in [0.5, 0.6) is 23.0 Å². The zero-order chi connectivity index (χ0) is 44.8. The van der Waals surface area contributed by atoms with Gasteiger partial charge in [0.1, 0.15) is 0 Å². The zero-order valence-electron chi connectivity index (χ0n) is 38.0. The van der Waals surface area contributed by atoms with Gasteiger partial charge in [0.2, 0.25) is 13.6 Å². The quantitative estimate of drug-likeness (QED) is 0.164.